The van der Waals surface area contributed by atoms with Gasteiger partial charge in [-0.3, -0.25) is 9.59 Å². The van der Waals surface area contributed by atoms with E-state index in [1.165, 1.54) is 0 Å². The quantitative estimate of drug-likeness (QED) is 0.306. The summed E-state index contributed by atoms with van der Waals surface area (Å²) >= 11 is 6.26. The van der Waals surface area contributed by atoms with Crippen molar-refractivity contribution in [3.63, 3.8) is 0 Å². The lowest BCUT2D eigenvalue weighted by molar-refractivity contribution is -0.127. The topological polar surface area (TPSA) is 114 Å². The molecule has 1 fully saturated rings. The van der Waals surface area contributed by atoms with E-state index in [4.69, 9.17) is 16.3 Å². The van der Waals surface area contributed by atoms with Gasteiger partial charge in [-0.1, -0.05) is 87.7 Å². The number of ether oxygens (including phenoxy) is 1. The zero-order valence-electron chi connectivity index (χ0n) is 22.7. The van der Waals surface area contributed by atoms with Crippen LogP contribution < -0.4 is 16.0 Å². The van der Waals surface area contributed by atoms with E-state index in [2.05, 4.69) is 16.0 Å². The van der Waals surface area contributed by atoms with Gasteiger partial charge in [0.2, 0.25) is 11.8 Å². The fourth-order valence-electron chi connectivity index (χ4n) is 4.87. The summed E-state index contributed by atoms with van der Waals surface area (Å²) in [5, 5.41) is 8.74. The van der Waals surface area contributed by atoms with Gasteiger partial charge >= 0.3 is 6.09 Å². The second-order valence-corrected chi connectivity index (χ2v) is 11.0. The van der Waals surface area contributed by atoms with Crippen LogP contribution in [-0.4, -0.2) is 42.8 Å². The van der Waals surface area contributed by atoms with Crippen molar-refractivity contribution in [2.24, 2.45) is 5.92 Å². The third kappa shape index (κ3) is 8.30. The average Bonchev–Trinajstić information content (AvgIpc) is 3.33. The maximum Gasteiger partial charge on any atom is 0.408 e. The van der Waals surface area contributed by atoms with E-state index in [1.54, 1.807) is 6.07 Å². The van der Waals surface area contributed by atoms with E-state index < -0.39 is 35.6 Å². The van der Waals surface area contributed by atoms with Crippen LogP contribution in [0.25, 0.3) is 0 Å². The smallest absolute Gasteiger partial charge is 0.408 e. The number of hydrogen-bond acceptors (Lipinski definition) is 5. The van der Waals surface area contributed by atoms with Crippen LogP contribution in [0.4, 0.5) is 4.79 Å². The fraction of sp³-hybridized carbons (Fsp3) is 0.467. The lowest BCUT2D eigenvalue weighted by atomic mass is 9.76. The van der Waals surface area contributed by atoms with Crippen molar-refractivity contribution in [1.29, 1.82) is 0 Å². The number of halogens is 1. The van der Waals surface area contributed by atoms with Crippen molar-refractivity contribution >= 4 is 35.8 Å². The molecule has 0 spiro atoms. The summed E-state index contributed by atoms with van der Waals surface area (Å²) in [6.07, 6.45) is 1.92. The molecule has 4 atom stereocenters. The minimum atomic E-state index is -0.900. The van der Waals surface area contributed by atoms with Crippen molar-refractivity contribution in [3.8, 4) is 0 Å². The van der Waals surface area contributed by atoms with Crippen molar-refractivity contribution in [1.82, 2.24) is 16.0 Å². The largest absolute Gasteiger partial charge is 0.440 e. The lowest BCUT2D eigenvalue weighted by Gasteiger charge is -2.35. The first kappa shape index (κ1) is 30.2. The number of benzene rings is 2. The Labute approximate surface area is 235 Å². The van der Waals surface area contributed by atoms with Gasteiger partial charge in [0, 0.05) is 22.9 Å². The zero-order valence-corrected chi connectivity index (χ0v) is 23.5. The fourth-order valence-corrected chi connectivity index (χ4v) is 5.06. The van der Waals surface area contributed by atoms with Gasteiger partial charge < -0.3 is 25.5 Å². The lowest BCUT2D eigenvalue weighted by Crippen LogP contribution is -2.51. The Balaban J connectivity index is 1.76. The molecule has 2 aromatic rings. The molecule has 8 nitrogen and oxygen atoms in total. The van der Waals surface area contributed by atoms with Crippen molar-refractivity contribution in [3.05, 3.63) is 70.7 Å². The molecule has 0 radical (unpaired) electrons. The highest BCUT2D eigenvalue weighted by Gasteiger charge is 2.37. The molecule has 1 saturated heterocycles. The van der Waals surface area contributed by atoms with Crippen LogP contribution in [0.5, 0.6) is 0 Å². The molecule has 2 aromatic carbocycles. The second-order valence-electron chi connectivity index (χ2n) is 10.5. The molecule has 1 aliphatic rings. The summed E-state index contributed by atoms with van der Waals surface area (Å²) in [6.45, 7) is 6.49. The Bertz CT molecular complexity index is 1140. The van der Waals surface area contributed by atoms with Crippen LogP contribution in [-0.2, 0) is 24.5 Å². The molecule has 0 bridgehead atoms. The molecule has 3 rings (SSSR count). The van der Waals surface area contributed by atoms with Crippen LogP contribution in [0.1, 0.15) is 70.1 Å². The van der Waals surface area contributed by atoms with Crippen LogP contribution >= 0.6 is 11.6 Å². The highest BCUT2D eigenvalue weighted by Crippen LogP contribution is 2.40. The van der Waals surface area contributed by atoms with E-state index in [1.807, 2.05) is 69.3 Å². The number of unbranched alkanes of at least 4 members (excludes halogenated alkanes) is 1. The van der Waals surface area contributed by atoms with Gasteiger partial charge in [-0.15, -0.1) is 0 Å². The number of amides is 3. The molecule has 0 aromatic heterocycles. The molecule has 39 heavy (non-hydrogen) atoms. The highest BCUT2D eigenvalue weighted by atomic mass is 35.5. The summed E-state index contributed by atoms with van der Waals surface area (Å²) in [5.74, 6) is -0.927. The molecule has 0 saturated carbocycles. The maximum absolute atomic E-state index is 13.3. The zero-order chi connectivity index (χ0) is 28.4. The van der Waals surface area contributed by atoms with Gasteiger partial charge in [0.25, 0.3) is 0 Å². The summed E-state index contributed by atoms with van der Waals surface area (Å²) in [4.78, 5) is 50.1. The summed E-state index contributed by atoms with van der Waals surface area (Å²) in [5.41, 5.74) is 1.03. The van der Waals surface area contributed by atoms with E-state index in [0.717, 1.165) is 17.5 Å². The SMILES string of the molecule is CCCC[C@H](NC(=O)O[C@@H](c1ccccc1)C(C)(C)c1cccc(Cl)c1)C(=O)N[C@H](C=O)C[C@H]1CCNC1=O. The normalized spacial score (nSPS) is 17.4. The monoisotopic (exact) mass is 555 g/mol. The number of carbonyl (C=O) groups is 4. The van der Waals surface area contributed by atoms with Crippen molar-refractivity contribution in [2.75, 3.05) is 6.54 Å². The highest BCUT2D eigenvalue weighted by molar-refractivity contribution is 6.30. The average molecular weight is 556 g/mol. The Kier molecular flexibility index (Phi) is 10.9. The molecular formula is C30H38ClN3O5. The molecule has 0 unspecified atom stereocenters. The minimum absolute atomic E-state index is 0.116. The van der Waals surface area contributed by atoms with Gasteiger partial charge in [0.1, 0.15) is 18.4 Å². The van der Waals surface area contributed by atoms with Gasteiger partial charge in [-0.05, 0) is 42.5 Å². The first-order valence-electron chi connectivity index (χ1n) is 13.5. The Morgan fingerprint density at radius 3 is 2.51 bits per heavy atom. The third-order valence-electron chi connectivity index (χ3n) is 7.20. The molecule has 0 aliphatic carbocycles. The van der Waals surface area contributed by atoms with E-state index in [-0.39, 0.29) is 18.2 Å². The van der Waals surface area contributed by atoms with Crippen LogP contribution in [0.15, 0.2) is 54.6 Å². The number of carbonyl (C=O) groups excluding carboxylic acids is 4. The standard InChI is InChI=1S/C30H38ClN3O5/c1-4-5-14-25(28(37)33-24(19-35)17-21-15-16-32-27(21)36)34-29(38)39-26(20-10-7-6-8-11-20)30(2,3)22-12-9-13-23(31)18-22/h6-13,18-19,21,24-26H,4-5,14-17H2,1-3H3,(H,32,36)(H,33,37)(H,34,38)/t21-,24+,25+,26+/m1/s1. The summed E-state index contributed by atoms with van der Waals surface area (Å²) in [7, 11) is 0. The van der Waals surface area contributed by atoms with Gasteiger partial charge in [-0.2, -0.15) is 0 Å². The van der Waals surface area contributed by atoms with Crippen LogP contribution in [0, 0.1) is 5.92 Å². The number of alkyl carbamates (subject to hydrolysis) is 1. The van der Waals surface area contributed by atoms with Gasteiger partial charge in [0.15, 0.2) is 0 Å². The van der Waals surface area contributed by atoms with E-state index in [9.17, 15) is 19.2 Å². The Morgan fingerprint density at radius 1 is 1.15 bits per heavy atom. The second kappa shape index (κ2) is 14.1. The van der Waals surface area contributed by atoms with Crippen LogP contribution in [0.3, 0.4) is 0 Å². The van der Waals surface area contributed by atoms with Gasteiger partial charge in [0.05, 0.1) is 6.04 Å². The van der Waals surface area contributed by atoms with E-state index in [0.29, 0.717) is 37.1 Å². The molecule has 3 amide bonds. The number of hydrogen-bond donors (Lipinski definition) is 3. The third-order valence-corrected chi connectivity index (χ3v) is 7.43. The number of nitrogens with one attached hydrogen (secondary N) is 3. The maximum atomic E-state index is 13.3. The van der Waals surface area contributed by atoms with Crippen molar-refractivity contribution in [2.45, 2.75) is 76.5 Å². The number of aldehydes is 1. The predicted octanol–water partition coefficient (Wildman–Crippen LogP) is 4.85. The first-order valence-corrected chi connectivity index (χ1v) is 13.8. The molecular weight excluding hydrogens is 518 g/mol. The summed E-state index contributed by atoms with van der Waals surface area (Å²) < 4.78 is 6.01. The Morgan fingerprint density at radius 2 is 1.90 bits per heavy atom. The molecule has 1 aliphatic heterocycles. The van der Waals surface area contributed by atoms with E-state index >= 15 is 0 Å². The minimum Gasteiger partial charge on any atom is -0.440 e. The predicted molar refractivity (Wildman–Crippen MR) is 150 cm³/mol. The molecule has 3 N–H and O–H groups in total. The van der Waals surface area contributed by atoms with Gasteiger partial charge in [-0.25, -0.2) is 4.79 Å². The molecule has 9 heteroatoms. The van der Waals surface area contributed by atoms with Crippen LogP contribution in [0.2, 0.25) is 5.02 Å². The van der Waals surface area contributed by atoms with Crippen molar-refractivity contribution < 1.29 is 23.9 Å². The number of rotatable bonds is 13. The Hall–Kier alpha value is -3.39. The molecule has 1 heterocycles. The summed E-state index contributed by atoms with van der Waals surface area (Å²) in [6, 6.07) is 15.1. The molecule has 210 valence electrons. The first-order chi connectivity index (χ1) is 18.6.